The van der Waals surface area contributed by atoms with Crippen LogP contribution in [0.5, 0.6) is 0 Å². The van der Waals surface area contributed by atoms with E-state index in [-0.39, 0.29) is 17.9 Å². The molecule has 2 aromatic carbocycles. The van der Waals surface area contributed by atoms with Crippen molar-refractivity contribution in [3.8, 4) is 0 Å². The van der Waals surface area contributed by atoms with Gasteiger partial charge in [-0.15, -0.1) is 0 Å². The summed E-state index contributed by atoms with van der Waals surface area (Å²) in [5.74, 6) is -0.226. The average Bonchev–Trinajstić information content (AvgIpc) is 2.74. The van der Waals surface area contributed by atoms with E-state index in [1.165, 1.54) is 5.56 Å². The number of amides is 1. The van der Waals surface area contributed by atoms with Gasteiger partial charge in [0.2, 0.25) is 5.91 Å². The smallest absolute Gasteiger partial charge is 0.221 e. The second-order valence-corrected chi connectivity index (χ2v) is 9.55. The lowest BCUT2D eigenvalue weighted by Gasteiger charge is -2.46. The molecule has 4 nitrogen and oxygen atoms in total. The number of nitrogens with zero attached hydrogens (tertiary/aromatic N) is 2. The minimum atomic E-state index is -0.181. The van der Waals surface area contributed by atoms with Crippen LogP contribution < -0.4 is 10.6 Å². The molecule has 3 atom stereocenters. The summed E-state index contributed by atoms with van der Waals surface area (Å²) in [6, 6.07) is 14.3. The normalized spacial score (nSPS) is 25.3. The molecule has 0 bridgehead atoms. The molecular formula is C23H26Cl3N3O. The number of carbonyl (C=O) groups is 1. The Morgan fingerprint density at radius 3 is 2.40 bits per heavy atom. The number of likely N-dealkylation sites (tertiary alicyclic amines) is 1. The van der Waals surface area contributed by atoms with E-state index >= 15 is 0 Å². The third-order valence-electron chi connectivity index (χ3n) is 6.42. The molecule has 4 rings (SSSR count). The lowest BCUT2D eigenvalue weighted by atomic mass is 9.88. The van der Waals surface area contributed by atoms with Gasteiger partial charge in [0.15, 0.2) is 0 Å². The zero-order chi connectivity index (χ0) is 21.3. The summed E-state index contributed by atoms with van der Waals surface area (Å²) in [6.07, 6.45) is 3.87. The lowest BCUT2D eigenvalue weighted by molar-refractivity contribution is -0.123. The van der Waals surface area contributed by atoms with Crippen molar-refractivity contribution < 1.29 is 4.79 Å². The molecule has 160 valence electrons. The highest BCUT2D eigenvalue weighted by molar-refractivity contribution is 6.36. The molecule has 3 unspecified atom stereocenters. The van der Waals surface area contributed by atoms with Crippen LogP contribution in [0.3, 0.4) is 0 Å². The number of piperidine rings is 2. The minimum Gasteiger partial charge on any atom is -0.369 e. The van der Waals surface area contributed by atoms with Gasteiger partial charge in [-0.3, -0.25) is 9.69 Å². The number of rotatable bonds is 4. The van der Waals surface area contributed by atoms with E-state index in [2.05, 4.69) is 21.9 Å². The van der Waals surface area contributed by atoms with Crippen molar-refractivity contribution in [2.45, 2.75) is 37.8 Å². The Morgan fingerprint density at radius 2 is 1.70 bits per heavy atom. The number of anilines is 1. The monoisotopic (exact) mass is 465 g/mol. The van der Waals surface area contributed by atoms with Gasteiger partial charge in [-0.25, -0.2) is 0 Å². The van der Waals surface area contributed by atoms with Crippen LogP contribution in [-0.2, 0) is 4.79 Å². The van der Waals surface area contributed by atoms with E-state index in [4.69, 9.17) is 40.5 Å². The first kappa shape index (κ1) is 21.8. The topological polar surface area (TPSA) is 49.6 Å². The molecule has 0 radical (unpaired) electrons. The molecule has 2 heterocycles. The van der Waals surface area contributed by atoms with Crippen LogP contribution in [0.4, 0.5) is 5.69 Å². The molecule has 0 aromatic heterocycles. The molecule has 2 aliphatic heterocycles. The van der Waals surface area contributed by atoms with Crippen LogP contribution in [0.1, 0.15) is 37.3 Å². The molecule has 2 aliphatic rings. The Kier molecular flexibility index (Phi) is 6.78. The van der Waals surface area contributed by atoms with E-state index in [1.54, 1.807) is 6.07 Å². The van der Waals surface area contributed by atoms with Crippen LogP contribution in [0, 0.1) is 5.92 Å². The summed E-state index contributed by atoms with van der Waals surface area (Å²) in [5.41, 5.74) is 7.81. The van der Waals surface area contributed by atoms with E-state index in [0.717, 1.165) is 56.0 Å². The highest BCUT2D eigenvalue weighted by Gasteiger charge is 2.36. The minimum absolute atomic E-state index is 0.0449. The zero-order valence-corrected chi connectivity index (χ0v) is 19.0. The summed E-state index contributed by atoms with van der Waals surface area (Å²) < 4.78 is 0. The molecule has 30 heavy (non-hydrogen) atoms. The first-order chi connectivity index (χ1) is 14.4. The highest BCUT2D eigenvalue weighted by atomic mass is 35.5. The Bertz CT molecular complexity index is 905. The molecule has 0 saturated carbocycles. The number of nitrogens with two attached hydrogens (primary N) is 1. The predicted octanol–water partition coefficient (Wildman–Crippen LogP) is 5.55. The molecular weight excluding hydrogens is 441 g/mol. The molecule has 0 aliphatic carbocycles. The second-order valence-electron chi connectivity index (χ2n) is 8.27. The summed E-state index contributed by atoms with van der Waals surface area (Å²) in [5, 5.41) is 2.02. The zero-order valence-electron chi connectivity index (χ0n) is 16.7. The predicted molar refractivity (Wildman–Crippen MR) is 125 cm³/mol. The Labute approximate surface area is 192 Å². The number of hydrogen-bond acceptors (Lipinski definition) is 3. The maximum Gasteiger partial charge on any atom is 0.221 e. The quantitative estimate of drug-likeness (QED) is 0.642. The third-order valence-corrected chi connectivity index (χ3v) is 7.21. The Morgan fingerprint density at radius 1 is 0.967 bits per heavy atom. The summed E-state index contributed by atoms with van der Waals surface area (Å²) in [7, 11) is 0. The second kappa shape index (κ2) is 9.35. The molecule has 2 N–H and O–H groups in total. The van der Waals surface area contributed by atoms with Crippen molar-refractivity contribution in [1.82, 2.24) is 4.90 Å². The Balaban J connectivity index is 1.61. The van der Waals surface area contributed by atoms with Crippen LogP contribution in [0.15, 0.2) is 42.5 Å². The van der Waals surface area contributed by atoms with Crippen LogP contribution in [0.25, 0.3) is 0 Å². The number of primary amides is 1. The number of benzene rings is 2. The fraction of sp³-hybridized carbons (Fsp3) is 0.435. The van der Waals surface area contributed by atoms with Gasteiger partial charge < -0.3 is 10.6 Å². The molecule has 2 saturated heterocycles. The number of carbonyl (C=O) groups excluding carboxylic acids is 1. The van der Waals surface area contributed by atoms with Gasteiger partial charge in [0.05, 0.1) is 22.7 Å². The maximum absolute atomic E-state index is 11.8. The largest absolute Gasteiger partial charge is 0.369 e. The molecule has 2 fully saturated rings. The standard InChI is InChI=1S/C23H26Cl3N3O/c24-17-5-3-15(4-6-17)22-13-19(28-10-1-2-16(14-28)23(27)30)9-11-29(22)21-8-7-18(25)12-20(21)26/h3-8,12,16,19,22H,1-2,9-11,13-14H2,(H2,27,30). The first-order valence-corrected chi connectivity index (χ1v) is 11.6. The van der Waals surface area contributed by atoms with Crippen LogP contribution >= 0.6 is 34.8 Å². The van der Waals surface area contributed by atoms with E-state index in [1.807, 2.05) is 24.3 Å². The van der Waals surface area contributed by atoms with Crippen molar-refractivity contribution in [3.05, 3.63) is 63.1 Å². The SMILES string of the molecule is NC(=O)C1CCCN(C2CCN(c3ccc(Cl)cc3Cl)C(c3ccc(Cl)cc3)C2)C1. The van der Waals surface area contributed by atoms with Gasteiger partial charge in [-0.2, -0.15) is 0 Å². The van der Waals surface area contributed by atoms with Gasteiger partial charge in [-0.1, -0.05) is 46.9 Å². The molecule has 7 heteroatoms. The summed E-state index contributed by atoms with van der Waals surface area (Å²) >= 11 is 18.8. The molecule has 1 amide bonds. The van der Waals surface area contributed by atoms with Gasteiger partial charge in [0, 0.05) is 29.2 Å². The van der Waals surface area contributed by atoms with Crippen LogP contribution in [-0.4, -0.2) is 36.5 Å². The van der Waals surface area contributed by atoms with Gasteiger partial charge in [-0.05, 0) is 68.1 Å². The third kappa shape index (κ3) is 4.72. The van der Waals surface area contributed by atoms with Crippen molar-refractivity contribution in [2.75, 3.05) is 24.5 Å². The first-order valence-electron chi connectivity index (χ1n) is 10.4. The molecule has 2 aromatic rings. The lowest BCUT2D eigenvalue weighted by Crippen LogP contribution is -2.51. The van der Waals surface area contributed by atoms with Crippen molar-refractivity contribution in [3.63, 3.8) is 0 Å². The van der Waals surface area contributed by atoms with E-state index in [9.17, 15) is 4.79 Å². The molecule has 0 spiro atoms. The average molecular weight is 467 g/mol. The van der Waals surface area contributed by atoms with Crippen LogP contribution in [0.2, 0.25) is 15.1 Å². The van der Waals surface area contributed by atoms with Crippen molar-refractivity contribution >= 4 is 46.4 Å². The van der Waals surface area contributed by atoms with Crippen molar-refractivity contribution in [1.29, 1.82) is 0 Å². The number of halogens is 3. The van der Waals surface area contributed by atoms with Gasteiger partial charge in [0.25, 0.3) is 0 Å². The number of hydrogen-bond donors (Lipinski definition) is 1. The van der Waals surface area contributed by atoms with E-state index < -0.39 is 0 Å². The van der Waals surface area contributed by atoms with Gasteiger partial charge >= 0.3 is 0 Å². The highest BCUT2D eigenvalue weighted by Crippen LogP contribution is 2.41. The fourth-order valence-electron chi connectivity index (χ4n) is 4.85. The van der Waals surface area contributed by atoms with Crippen molar-refractivity contribution in [2.24, 2.45) is 11.7 Å². The van der Waals surface area contributed by atoms with Gasteiger partial charge in [0.1, 0.15) is 0 Å². The maximum atomic E-state index is 11.8. The fourth-order valence-corrected chi connectivity index (χ4v) is 5.50. The summed E-state index contributed by atoms with van der Waals surface area (Å²) in [6.45, 7) is 2.65. The Hall–Kier alpha value is -1.46. The van der Waals surface area contributed by atoms with E-state index in [0.29, 0.717) is 16.1 Å². The summed E-state index contributed by atoms with van der Waals surface area (Å²) in [4.78, 5) is 16.6.